The number of hydrogen-bond donors (Lipinski definition) is 0. The fraction of sp³-hybridized carbons (Fsp3) is 0.150. The highest BCUT2D eigenvalue weighted by molar-refractivity contribution is 5.69. The van der Waals surface area contributed by atoms with Crippen molar-refractivity contribution >= 4 is 5.97 Å². The van der Waals surface area contributed by atoms with Crippen LogP contribution in [-0.4, -0.2) is 15.7 Å². The fourth-order valence-corrected chi connectivity index (χ4v) is 2.47. The first-order chi connectivity index (χ1) is 12.1. The minimum atomic E-state index is -0.500. The Morgan fingerprint density at radius 2 is 1.72 bits per heavy atom. The predicted octanol–water partition coefficient (Wildman–Crippen LogP) is 2.96. The molecule has 0 atom stereocenters. The summed E-state index contributed by atoms with van der Waals surface area (Å²) in [5, 5.41) is 4.30. The number of carbonyl (C=O) groups excluding carboxylic acids is 1. The molecule has 0 radical (unpaired) electrons. The zero-order valence-corrected chi connectivity index (χ0v) is 13.9. The van der Waals surface area contributed by atoms with Gasteiger partial charge in [-0.25, -0.2) is 4.68 Å². The van der Waals surface area contributed by atoms with E-state index in [1.165, 1.54) is 6.07 Å². The Kier molecular flexibility index (Phi) is 5.04. The molecule has 3 rings (SSSR count). The molecule has 25 heavy (non-hydrogen) atoms. The van der Waals surface area contributed by atoms with E-state index in [0.29, 0.717) is 5.69 Å². The largest absolute Gasteiger partial charge is 0.459 e. The van der Waals surface area contributed by atoms with Crippen molar-refractivity contribution in [3.05, 3.63) is 88.2 Å². The van der Waals surface area contributed by atoms with E-state index in [0.717, 1.165) is 21.4 Å². The zero-order valence-electron chi connectivity index (χ0n) is 13.9. The normalized spacial score (nSPS) is 10.4. The minimum Gasteiger partial charge on any atom is -0.459 e. The van der Waals surface area contributed by atoms with Crippen LogP contribution in [0.3, 0.4) is 0 Å². The van der Waals surface area contributed by atoms with Crippen molar-refractivity contribution in [2.75, 3.05) is 0 Å². The summed E-state index contributed by atoms with van der Waals surface area (Å²) in [4.78, 5) is 24.0. The first kappa shape index (κ1) is 16.6. The Hall–Kier alpha value is -3.21. The molecule has 126 valence electrons. The SMILES string of the molecule is Cc1ccccc1-c1ccc(=O)n(CC(=O)OCc2ccccc2)n1. The van der Waals surface area contributed by atoms with Crippen LogP contribution in [0, 0.1) is 6.92 Å². The summed E-state index contributed by atoms with van der Waals surface area (Å²) in [6, 6.07) is 20.2. The van der Waals surface area contributed by atoms with Crippen LogP contribution < -0.4 is 5.56 Å². The molecule has 0 amide bonds. The third kappa shape index (κ3) is 4.20. The Labute approximate surface area is 145 Å². The molecule has 0 aliphatic carbocycles. The van der Waals surface area contributed by atoms with Gasteiger partial charge in [0.1, 0.15) is 13.2 Å². The molecule has 0 bridgehead atoms. The predicted molar refractivity (Wildman–Crippen MR) is 94.9 cm³/mol. The van der Waals surface area contributed by atoms with Gasteiger partial charge in [-0.1, -0.05) is 54.6 Å². The van der Waals surface area contributed by atoms with Gasteiger partial charge in [-0.3, -0.25) is 9.59 Å². The van der Waals surface area contributed by atoms with Crippen LogP contribution in [0.15, 0.2) is 71.5 Å². The van der Waals surface area contributed by atoms with Gasteiger partial charge in [0.2, 0.25) is 0 Å². The highest BCUT2D eigenvalue weighted by Crippen LogP contribution is 2.19. The molecule has 0 spiro atoms. The van der Waals surface area contributed by atoms with Crippen LogP contribution in [0.5, 0.6) is 0 Å². The van der Waals surface area contributed by atoms with Gasteiger partial charge in [0.15, 0.2) is 0 Å². The lowest BCUT2D eigenvalue weighted by Crippen LogP contribution is -2.27. The molecule has 1 aromatic heterocycles. The van der Waals surface area contributed by atoms with E-state index in [2.05, 4.69) is 5.10 Å². The molecule has 0 saturated heterocycles. The van der Waals surface area contributed by atoms with Crippen LogP contribution in [0.25, 0.3) is 11.3 Å². The van der Waals surface area contributed by atoms with Crippen LogP contribution in [0.2, 0.25) is 0 Å². The molecule has 2 aromatic carbocycles. The molecule has 0 saturated carbocycles. The smallest absolute Gasteiger partial charge is 0.328 e. The molecule has 0 N–H and O–H groups in total. The van der Waals surface area contributed by atoms with E-state index in [4.69, 9.17) is 4.74 Å². The highest BCUT2D eigenvalue weighted by atomic mass is 16.5. The number of ether oxygens (including phenoxy) is 1. The number of nitrogens with zero attached hydrogens (tertiary/aromatic N) is 2. The van der Waals surface area contributed by atoms with E-state index >= 15 is 0 Å². The molecule has 0 fully saturated rings. The lowest BCUT2D eigenvalue weighted by molar-refractivity contribution is -0.146. The van der Waals surface area contributed by atoms with Crippen molar-refractivity contribution in [2.24, 2.45) is 0 Å². The first-order valence-electron chi connectivity index (χ1n) is 7.97. The van der Waals surface area contributed by atoms with Gasteiger partial charge in [0.05, 0.1) is 5.69 Å². The monoisotopic (exact) mass is 334 g/mol. The van der Waals surface area contributed by atoms with Crippen LogP contribution >= 0.6 is 0 Å². The zero-order chi connectivity index (χ0) is 17.6. The van der Waals surface area contributed by atoms with Crippen LogP contribution in [0.4, 0.5) is 0 Å². The van der Waals surface area contributed by atoms with E-state index in [-0.39, 0.29) is 18.7 Å². The molecule has 3 aromatic rings. The molecule has 0 aliphatic rings. The maximum absolute atomic E-state index is 12.0. The van der Waals surface area contributed by atoms with Gasteiger partial charge in [0.25, 0.3) is 5.56 Å². The molecular weight excluding hydrogens is 316 g/mol. The molecule has 5 heteroatoms. The number of aryl methyl sites for hydroxylation is 1. The number of aromatic nitrogens is 2. The molecular formula is C20H18N2O3. The third-order valence-corrected chi connectivity index (χ3v) is 3.81. The van der Waals surface area contributed by atoms with Gasteiger partial charge in [0, 0.05) is 11.6 Å². The van der Waals surface area contributed by atoms with Crippen molar-refractivity contribution in [3.63, 3.8) is 0 Å². The molecule has 1 heterocycles. The standard InChI is InChI=1S/C20H18N2O3/c1-15-7-5-6-10-17(15)18-11-12-19(23)22(21-18)13-20(24)25-14-16-8-3-2-4-9-16/h2-12H,13-14H2,1H3. The minimum absolute atomic E-state index is 0.173. The van der Waals surface area contributed by atoms with Gasteiger partial charge < -0.3 is 4.74 Å². The number of carbonyl (C=O) groups is 1. The van der Waals surface area contributed by atoms with Crippen LogP contribution in [-0.2, 0) is 22.7 Å². The maximum atomic E-state index is 12.0. The van der Waals surface area contributed by atoms with E-state index in [9.17, 15) is 9.59 Å². The van der Waals surface area contributed by atoms with Crippen molar-refractivity contribution in [1.29, 1.82) is 0 Å². The van der Waals surface area contributed by atoms with E-state index in [1.807, 2.05) is 61.5 Å². The van der Waals surface area contributed by atoms with Crippen molar-refractivity contribution in [2.45, 2.75) is 20.1 Å². The summed E-state index contributed by atoms with van der Waals surface area (Å²) in [5.74, 6) is -0.500. The summed E-state index contributed by atoms with van der Waals surface area (Å²) in [5.41, 5.74) is 3.17. The Morgan fingerprint density at radius 1 is 1.00 bits per heavy atom. The summed E-state index contributed by atoms with van der Waals surface area (Å²) in [6.07, 6.45) is 0. The van der Waals surface area contributed by atoms with Gasteiger partial charge in [-0.2, -0.15) is 5.10 Å². The average molecular weight is 334 g/mol. The number of esters is 1. The van der Waals surface area contributed by atoms with Crippen molar-refractivity contribution in [1.82, 2.24) is 9.78 Å². The summed E-state index contributed by atoms with van der Waals surface area (Å²) < 4.78 is 6.35. The van der Waals surface area contributed by atoms with Gasteiger partial charge >= 0.3 is 5.97 Å². The Bertz CT molecular complexity index is 933. The molecule has 5 nitrogen and oxygen atoms in total. The second-order valence-electron chi connectivity index (χ2n) is 5.68. The quantitative estimate of drug-likeness (QED) is 0.673. The number of rotatable bonds is 5. The summed E-state index contributed by atoms with van der Waals surface area (Å²) >= 11 is 0. The van der Waals surface area contributed by atoms with Gasteiger partial charge in [-0.15, -0.1) is 0 Å². The summed E-state index contributed by atoms with van der Waals surface area (Å²) in [6.45, 7) is 1.93. The van der Waals surface area contributed by atoms with E-state index in [1.54, 1.807) is 6.07 Å². The topological polar surface area (TPSA) is 61.2 Å². The molecule has 0 aliphatic heterocycles. The van der Waals surface area contributed by atoms with Crippen molar-refractivity contribution < 1.29 is 9.53 Å². The molecule has 0 unspecified atom stereocenters. The number of hydrogen-bond acceptors (Lipinski definition) is 4. The second kappa shape index (κ2) is 7.57. The lowest BCUT2D eigenvalue weighted by atomic mass is 10.1. The first-order valence-corrected chi connectivity index (χ1v) is 7.97. The van der Waals surface area contributed by atoms with Crippen molar-refractivity contribution in [3.8, 4) is 11.3 Å². The third-order valence-electron chi connectivity index (χ3n) is 3.81. The van der Waals surface area contributed by atoms with Gasteiger partial charge in [-0.05, 0) is 24.1 Å². The van der Waals surface area contributed by atoms with Crippen LogP contribution in [0.1, 0.15) is 11.1 Å². The maximum Gasteiger partial charge on any atom is 0.328 e. The lowest BCUT2D eigenvalue weighted by Gasteiger charge is -2.09. The average Bonchev–Trinajstić information content (AvgIpc) is 2.63. The Morgan fingerprint density at radius 3 is 2.48 bits per heavy atom. The fourth-order valence-electron chi connectivity index (χ4n) is 2.47. The van der Waals surface area contributed by atoms with E-state index < -0.39 is 5.97 Å². The number of benzene rings is 2. The Balaban J connectivity index is 1.74. The summed E-state index contributed by atoms with van der Waals surface area (Å²) in [7, 11) is 0. The second-order valence-corrected chi connectivity index (χ2v) is 5.68. The highest BCUT2D eigenvalue weighted by Gasteiger charge is 2.10.